The molecule has 6 nitrogen and oxygen atoms in total. The fourth-order valence-corrected chi connectivity index (χ4v) is 3.85. The number of sulfonamides is 1. The van der Waals surface area contributed by atoms with E-state index in [1.165, 1.54) is 25.1 Å². The number of hydrogen-bond donors (Lipinski definition) is 2. The molecule has 1 aromatic heterocycles. The molecule has 27 heavy (non-hydrogen) atoms. The highest BCUT2D eigenvalue weighted by atomic mass is 35.5. The van der Waals surface area contributed by atoms with E-state index in [1.54, 1.807) is 6.07 Å². The third-order valence-electron chi connectivity index (χ3n) is 3.64. The largest absolute Gasteiger partial charge is 0.341 e. The van der Waals surface area contributed by atoms with E-state index in [1.807, 2.05) is 4.72 Å². The Morgan fingerprint density at radius 1 is 1.19 bits per heavy atom. The molecule has 10 heteroatoms. The number of aryl methyl sites for hydroxylation is 1. The standard InChI is InChI=1S/C17H12ClF2N3O3S/c1-9-15(22-16(21-9)11-7-6-10(19)8-13(11)20)17(24)23-27(25,26)14-5-3-2-4-12(14)18/h2-8H,1H3,(H,21,22)(H,23,24). The molecule has 0 saturated heterocycles. The van der Waals surface area contributed by atoms with Crippen LogP contribution in [-0.4, -0.2) is 24.3 Å². The molecule has 1 heterocycles. The van der Waals surface area contributed by atoms with Crippen molar-refractivity contribution >= 4 is 27.5 Å². The molecule has 2 N–H and O–H groups in total. The van der Waals surface area contributed by atoms with E-state index in [2.05, 4.69) is 9.97 Å². The average Bonchev–Trinajstić information content (AvgIpc) is 2.96. The van der Waals surface area contributed by atoms with Gasteiger partial charge in [-0.2, -0.15) is 0 Å². The predicted octanol–water partition coefficient (Wildman–Crippen LogP) is 3.44. The first-order valence-corrected chi connectivity index (χ1v) is 9.39. The lowest BCUT2D eigenvalue weighted by molar-refractivity contribution is 0.0976. The van der Waals surface area contributed by atoms with Gasteiger partial charge in [0.2, 0.25) is 0 Å². The lowest BCUT2D eigenvalue weighted by Gasteiger charge is -2.07. The molecule has 0 atom stereocenters. The van der Waals surface area contributed by atoms with Gasteiger partial charge in [-0.15, -0.1) is 0 Å². The normalized spacial score (nSPS) is 11.4. The zero-order valence-corrected chi connectivity index (χ0v) is 15.3. The number of aromatic nitrogens is 2. The minimum atomic E-state index is -4.23. The molecule has 140 valence electrons. The second-order valence-electron chi connectivity index (χ2n) is 5.55. The van der Waals surface area contributed by atoms with Gasteiger partial charge in [0.15, 0.2) is 5.69 Å². The summed E-state index contributed by atoms with van der Waals surface area (Å²) in [6.07, 6.45) is 0. The van der Waals surface area contributed by atoms with Crippen molar-refractivity contribution in [3.8, 4) is 11.4 Å². The summed E-state index contributed by atoms with van der Waals surface area (Å²) in [6.45, 7) is 1.47. The van der Waals surface area contributed by atoms with Crippen LogP contribution in [-0.2, 0) is 10.0 Å². The Morgan fingerprint density at radius 2 is 1.89 bits per heavy atom. The van der Waals surface area contributed by atoms with E-state index < -0.39 is 27.6 Å². The molecule has 3 aromatic rings. The molecular formula is C17H12ClF2N3O3S. The molecule has 0 bridgehead atoms. The number of halogens is 3. The van der Waals surface area contributed by atoms with Crippen molar-refractivity contribution in [3.63, 3.8) is 0 Å². The van der Waals surface area contributed by atoms with E-state index in [4.69, 9.17) is 11.6 Å². The molecule has 3 rings (SSSR count). The second kappa shape index (κ2) is 7.09. The van der Waals surface area contributed by atoms with Gasteiger partial charge in [0, 0.05) is 11.8 Å². The van der Waals surface area contributed by atoms with E-state index >= 15 is 0 Å². The van der Waals surface area contributed by atoms with Gasteiger partial charge in [0.05, 0.1) is 10.6 Å². The summed E-state index contributed by atoms with van der Waals surface area (Å²) >= 11 is 5.86. The maximum absolute atomic E-state index is 13.9. The minimum absolute atomic E-state index is 0.0368. The van der Waals surface area contributed by atoms with Crippen LogP contribution in [0.1, 0.15) is 16.2 Å². The van der Waals surface area contributed by atoms with E-state index in [0.717, 1.165) is 12.1 Å². The summed E-state index contributed by atoms with van der Waals surface area (Å²) in [5.74, 6) is -2.69. The Kier molecular flexibility index (Phi) is 4.99. The second-order valence-corrected chi connectivity index (χ2v) is 7.61. The smallest absolute Gasteiger partial charge is 0.285 e. The Balaban J connectivity index is 1.92. The van der Waals surface area contributed by atoms with Crippen LogP contribution in [0.3, 0.4) is 0 Å². The predicted molar refractivity (Wildman–Crippen MR) is 94.8 cm³/mol. The van der Waals surface area contributed by atoms with Gasteiger partial charge in [0.25, 0.3) is 15.9 Å². The van der Waals surface area contributed by atoms with Crippen LogP contribution < -0.4 is 4.72 Å². The van der Waals surface area contributed by atoms with Crippen molar-refractivity contribution < 1.29 is 22.0 Å². The van der Waals surface area contributed by atoms with Crippen molar-refractivity contribution in [1.29, 1.82) is 0 Å². The maximum atomic E-state index is 13.9. The van der Waals surface area contributed by atoms with Crippen molar-refractivity contribution in [3.05, 3.63) is 70.5 Å². The highest BCUT2D eigenvalue weighted by molar-refractivity contribution is 7.90. The first-order chi connectivity index (χ1) is 12.7. The third-order valence-corrected chi connectivity index (χ3v) is 5.47. The van der Waals surface area contributed by atoms with Gasteiger partial charge in [-0.05, 0) is 31.2 Å². The summed E-state index contributed by atoms with van der Waals surface area (Å²) in [7, 11) is -4.23. The van der Waals surface area contributed by atoms with Crippen LogP contribution in [0.4, 0.5) is 8.78 Å². The summed E-state index contributed by atoms with van der Waals surface area (Å²) in [5.41, 5.74) is -0.0996. The van der Waals surface area contributed by atoms with Crippen LogP contribution in [0.5, 0.6) is 0 Å². The quantitative estimate of drug-likeness (QED) is 0.688. The summed E-state index contributed by atoms with van der Waals surface area (Å²) in [6, 6.07) is 8.49. The number of carbonyl (C=O) groups is 1. The zero-order chi connectivity index (χ0) is 19.8. The molecule has 2 aromatic carbocycles. The zero-order valence-electron chi connectivity index (χ0n) is 13.8. The SMILES string of the molecule is Cc1[nH]c(-c2ccc(F)cc2F)nc1C(=O)NS(=O)(=O)c1ccccc1Cl. The van der Waals surface area contributed by atoms with Crippen LogP contribution in [0.25, 0.3) is 11.4 Å². The van der Waals surface area contributed by atoms with Gasteiger partial charge >= 0.3 is 0 Å². The summed E-state index contributed by atoms with van der Waals surface area (Å²) < 4.78 is 53.5. The summed E-state index contributed by atoms with van der Waals surface area (Å²) in [5, 5.41) is -0.0503. The Hall–Kier alpha value is -2.78. The number of nitrogens with zero attached hydrogens (tertiary/aromatic N) is 1. The molecule has 0 aliphatic carbocycles. The first kappa shape index (κ1) is 19.0. The van der Waals surface area contributed by atoms with E-state index in [0.29, 0.717) is 6.07 Å². The van der Waals surface area contributed by atoms with Gasteiger partial charge in [-0.3, -0.25) is 4.79 Å². The van der Waals surface area contributed by atoms with Crippen LogP contribution in [0.2, 0.25) is 5.02 Å². The van der Waals surface area contributed by atoms with Crippen molar-refractivity contribution in [2.75, 3.05) is 0 Å². The molecule has 0 aliphatic heterocycles. The lowest BCUT2D eigenvalue weighted by atomic mass is 10.2. The fourth-order valence-electron chi connectivity index (χ4n) is 2.38. The number of benzene rings is 2. The topological polar surface area (TPSA) is 91.9 Å². The van der Waals surface area contributed by atoms with E-state index in [-0.39, 0.29) is 32.7 Å². The lowest BCUT2D eigenvalue weighted by Crippen LogP contribution is -2.31. The minimum Gasteiger partial charge on any atom is -0.341 e. The number of H-pyrrole nitrogens is 1. The molecule has 0 radical (unpaired) electrons. The van der Waals surface area contributed by atoms with Gasteiger partial charge in [0.1, 0.15) is 22.4 Å². The van der Waals surface area contributed by atoms with Crippen LogP contribution in [0.15, 0.2) is 47.4 Å². The number of rotatable bonds is 4. The molecular weight excluding hydrogens is 400 g/mol. The number of amides is 1. The van der Waals surface area contributed by atoms with Gasteiger partial charge in [-0.1, -0.05) is 23.7 Å². The number of carbonyl (C=O) groups excluding carboxylic acids is 1. The van der Waals surface area contributed by atoms with Crippen LogP contribution in [0, 0.1) is 18.6 Å². The number of imidazole rings is 1. The van der Waals surface area contributed by atoms with Gasteiger partial charge < -0.3 is 4.98 Å². The average molecular weight is 412 g/mol. The monoisotopic (exact) mass is 411 g/mol. The highest BCUT2D eigenvalue weighted by Crippen LogP contribution is 2.23. The fraction of sp³-hybridized carbons (Fsp3) is 0.0588. The van der Waals surface area contributed by atoms with Crippen molar-refractivity contribution in [2.45, 2.75) is 11.8 Å². The molecule has 0 spiro atoms. The summed E-state index contributed by atoms with van der Waals surface area (Å²) in [4.78, 5) is 18.7. The Morgan fingerprint density at radius 3 is 2.56 bits per heavy atom. The van der Waals surface area contributed by atoms with E-state index in [9.17, 15) is 22.0 Å². The third kappa shape index (κ3) is 3.83. The molecule has 1 amide bonds. The van der Waals surface area contributed by atoms with Gasteiger partial charge in [-0.25, -0.2) is 26.9 Å². The number of hydrogen-bond acceptors (Lipinski definition) is 4. The van der Waals surface area contributed by atoms with Crippen molar-refractivity contribution in [2.24, 2.45) is 0 Å². The molecule has 0 aliphatic rings. The maximum Gasteiger partial charge on any atom is 0.285 e. The first-order valence-electron chi connectivity index (χ1n) is 7.53. The Labute approximate surface area is 158 Å². The number of aromatic amines is 1. The Bertz CT molecular complexity index is 1150. The number of nitrogens with one attached hydrogen (secondary N) is 2. The molecule has 0 saturated carbocycles. The molecule has 0 unspecified atom stereocenters. The van der Waals surface area contributed by atoms with Crippen molar-refractivity contribution in [1.82, 2.24) is 14.7 Å². The molecule has 0 fully saturated rings. The van der Waals surface area contributed by atoms with Crippen LogP contribution >= 0.6 is 11.6 Å². The highest BCUT2D eigenvalue weighted by Gasteiger charge is 2.24.